The summed E-state index contributed by atoms with van der Waals surface area (Å²) in [5, 5.41) is 12.5. The van der Waals surface area contributed by atoms with Crippen molar-refractivity contribution in [3.63, 3.8) is 0 Å². The van der Waals surface area contributed by atoms with E-state index in [1.807, 2.05) is 0 Å². The quantitative estimate of drug-likeness (QED) is 0.600. The van der Waals surface area contributed by atoms with Crippen LogP contribution in [0.4, 0.5) is 0 Å². The minimum absolute atomic E-state index is 0.0249. The van der Waals surface area contributed by atoms with Crippen LogP contribution in [0.25, 0.3) is 0 Å². The summed E-state index contributed by atoms with van der Waals surface area (Å²) in [5.41, 5.74) is 0. The van der Waals surface area contributed by atoms with Crippen LogP contribution < -0.4 is 0 Å². The van der Waals surface area contributed by atoms with E-state index in [0.717, 1.165) is 0 Å². The SMILES string of the molecule is COC(=O)Cn1cc(O)cn1. The van der Waals surface area contributed by atoms with Gasteiger partial charge in [0.25, 0.3) is 0 Å². The van der Waals surface area contributed by atoms with E-state index < -0.39 is 5.97 Å². The highest BCUT2D eigenvalue weighted by Gasteiger charge is 2.02. The number of aromatic nitrogens is 2. The van der Waals surface area contributed by atoms with Gasteiger partial charge in [0.05, 0.1) is 19.5 Å². The zero-order valence-corrected chi connectivity index (χ0v) is 6.02. The van der Waals surface area contributed by atoms with Gasteiger partial charge in [-0.25, -0.2) is 0 Å². The molecule has 1 rings (SSSR count). The number of esters is 1. The van der Waals surface area contributed by atoms with Gasteiger partial charge >= 0.3 is 5.97 Å². The van der Waals surface area contributed by atoms with E-state index in [4.69, 9.17) is 5.11 Å². The van der Waals surface area contributed by atoms with Gasteiger partial charge < -0.3 is 9.84 Å². The molecule has 5 nitrogen and oxygen atoms in total. The Labute approximate surface area is 63.2 Å². The number of ether oxygens (including phenoxy) is 1. The van der Waals surface area contributed by atoms with Crippen LogP contribution in [0, 0.1) is 0 Å². The summed E-state index contributed by atoms with van der Waals surface area (Å²) in [7, 11) is 1.30. The maximum absolute atomic E-state index is 10.6. The Bertz CT molecular complexity index is 256. The summed E-state index contributed by atoms with van der Waals surface area (Å²) in [5.74, 6) is -0.359. The smallest absolute Gasteiger partial charge is 0.327 e. The Morgan fingerprint density at radius 1 is 1.91 bits per heavy atom. The molecule has 11 heavy (non-hydrogen) atoms. The van der Waals surface area contributed by atoms with Gasteiger partial charge in [-0.2, -0.15) is 5.10 Å². The highest BCUT2D eigenvalue weighted by molar-refractivity contribution is 5.68. The minimum Gasteiger partial charge on any atom is -0.505 e. The summed E-state index contributed by atoms with van der Waals surface area (Å²) in [6.45, 7) is 0.0249. The summed E-state index contributed by atoms with van der Waals surface area (Å²) < 4.78 is 5.67. The topological polar surface area (TPSA) is 64.3 Å². The summed E-state index contributed by atoms with van der Waals surface area (Å²) in [4.78, 5) is 10.6. The molecule has 1 aromatic heterocycles. The first-order valence-corrected chi connectivity index (χ1v) is 3.00. The molecule has 0 atom stereocenters. The molecule has 0 saturated heterocycles. The van der Waals surface area contributed by atoms with E-state index in [1.54, 1.807) is 0 Å². The number of methoxy groups -OCH3 is 1. The fraction of sp³-hybridized carbons (Fsp3) is 0.333. The normalized spacial score (nSPS) is 9.55. The molecule has 0 fully saturated rings. The highest BCUT2D eigenvalue weighted by atomic mass is 16.5. The van der Waals surface area contributed by atoms with Gasteiger partial charge in [-0.05, 0) is 0 Å². The number of hydrogen-bond donors (Lipinski definition) is 1. The zero-order chi connectivity index (χ0) is 8.27. The van der Waals surface area contributed by atoms with Crippen molar-refractivity contribution >= 4 is 5.97 Å². The Hall–Kier alpha value is -1.52. The van der Waals surface area contributed by atoms with Gasteiger partial charge in [0.1, 0.15) is 6.54 Å². The molecule has 1 heterocycles. The lowest BCUT2D eigenvalue weighted by molar-refractivity contribution is -0.141. The molecular formula is C6H8N2O3. The lowest BCUT2D eigenvalue weighted by Gasteiger charge is -1.97. The fourth-order valence-electron chi connectivity index (χ4n) is 0.636. The summed E-state index contributed by atoms with van der Waals surface area (Å²) >= 11 is 0. The Balaban J connectivity index is 2.57. The molecule has 0 unspecified atom stereocenters. The molecule has 0 radical (unpaired) electrons. The third-order valence-electron chi connectivity index (χ3n) is 1.14. The second kappa shape index (κ2) is 3.05. The molecule has 1 N–H and O–H groups in total. The maximum Gasteiger partial charge on any atom is 0.327 e. The van der Waals surface area contributed by atoms with E-state index >= 15 is 0 Å². The monoisotopic (exact) mass is 156 g/mol. The number of carbonyl (C=O) groups is 1. The Kier molecular flexibility index (Phi) is 2.10. The second-order valence-corrected chi connectivity index (χ2v) is 1.97. The number of nitrogens with zero attached hydrogens (tertiary/aromatic N) is 2. The summed E-state index contributed by atoms with van der Waals surface area (Å²) in [6.07, 6.45) is 2.60. The van der Waals surface area contributed by atoms with Crippen molar-refractivity contribution in [2.45, 2.75) is 6.54 Å². The van der Waals surface area contributed by atoms with Crippen LogP contribution in [0.3, 0.4) is 0 Å². The van der Waals surface area contributed by atoms with Crippen LogP contribution in [-0.4, -0.2) is 28.0 Å². The lowest BCUT2D eigenvalue weighted by atomic mass is 10.6. The molecule has 0 aliphatic rings. The van der Waals surface area contributed by atoms with E-state index in [0.29, 0.717) is 0 Å². The van der Waals surface area contributed by atoms with Crippen molar-refractivity contribution in [3.05, 3.63) is 12.4 Å². The van der Waals surface area contributed by atoms with Gasteiger partial charge in [0.2, 0.25) is 0 Å². The molecule has 0 aromatic carbocycles. The maximum atomic E-state index is 10.6. The molecule has 1 aromatic rings. The minimum atomic E-state index is -0.395. The van der Waals surface area contributed by atoms with Crippen molar-refractivity contribution in [1.29, 1.82) is 0 Å². The Morgan fingerprint density at radius 3 is 3.09 bits per heavy atom. The zero-order valence-electron chi connectivity index (χ0n) is 6.02. The molecule has 0 saturated carbocycles. The first-order valence-electron chi connectivity index (χ1n) is 3.00. The van der Waals surface area contributed by atoms with E-state index in [1.165, 1.54) is 24.2 Å². The average molecular weight is 156 g/mol. The lowest BCUT2D eigenvalue weighted by Crippen LogP contribution is -2.11. The molecule has 0 amide bonds. The number of aromatic hydroxyl groups is 1. The van der Waals surface area contributed by atoms with Crippen LogP contribution >= 0.6 is 0 Å². The highest BCUT2D eigenvalue weighted by Crippen LogP contribution is 2.03. The van der Waals surface area contributed by atoms with Gasteiger partial charge in [0.15, 0.2) is 5.75 Å². The predicted molar refractivity (Wildman–Crippen MR) is 35.9 cm³/mol. The second-order valence-electron chi connectivity index (χ2n) is 1.97. The van der Waals surface area contributed by atoms with Crippen molar-refractivity contribution in [2.75, 3.05) is 7.11 Å². The number of hydrogen-bond acceptors (Lipinski definition) is 4. The average Bonchev–Trinajstić information content (AvgIpc) is 2.35. The third kappa shape index (κ3) is 1.96. The first-order chi connectivity index (χ1) is 5.22. The van der Waals surface area contributed by atoms with Crippen molar-refractivity contribution in [2.24, 2.45) is 0 Å². The molecule has 0 aliphatic heterocycles. The van der Waals surface area contributed by atoms with Crippen LogP contribution in [0.1, 0.15) is 0 Å². The summed E-state index contributed by atoms with van der Waals surface area (Å²) in [6, 6.07) is 0. The van der Waals surface area contributed by atoms with Gasteiger partial charge in [-0.1, -0.05) is 0 Å². The predicted octanol–water partition coefficient (Wildman–Crippen LogP) is -0.238. The van der Waals surface area contributed by atoms with Crippen LogP contribution in [-0.2, 0) is 16.1 Å². The van der Waals surface area contributed by atoms with E-state index in [9.17, 15) is 4.79 Å². The standard InChI is InChI=1S/C6H8N2O3/c1-11-6(10)4-8-3-5(9)2-7-8/h2-3,9H,4H2,1H3. The molecule has 0 bridgehead atoms. The number of carbonyl (C=O) groups excluding carboxylic acids is 1. The number of rotatable bonds is 2. The van der Waals surface area contributed by atoms with E-state index in [-0.39, 0.29) is 12.3 Å². The van der Waals surface area contributed by atoms with Crippen molar-refractivity contribution in [3.8, 4) is 5.75 Å². The molecule has 60 valence electrons. The molecule has 5 heteroatoms. The van der Waals surface area contributed by atoms with Gasteiger partial charge in [-0.3, -0.25) is 9.48 Å². The van der Waals surface area contributed by atoms with Crippen LogP contribution in [0.5, 0.6) is 5.75 Å². The van der Waals surface area contributed by atoms with Gasteiger partial charge in [-0.15, -0.1) is 0 Å². The molecule has 0 aliphatic carbocycles. The van der Waals surface area contributed by atoms with Crippen molar-refractivity contribution in [1.82, 2.24) is 9.78 Å². The van der Waals surface area contributed by atoms with E-state index in [2.05, 4.69) is 9.84 Å². The molecular weight excluding hydrogens is 148 g/mol. The molecule has 0 spiro atoms. The van der Waals surface area contributed by atoms with Crippen LogP contribution in [0.2, 0.25) is 0 Å². The van der Waals surface area contributed by atoms with Gasteiger partial charge in [0, 0.05) is 0 Å². The fourth-order valence-corrected chi connectivity index (χ4v) is 0.636. The third-order valence-corrected chi connectivity index (χ3v) is 1.14. The Morgan fingerprint density at radius 2 is 2.64 bits per heavy atom. The largest absolute Gasteiger partial charge is 0.505 e. The van der Waals surface area contributed by atoms with Crippen LogP contribution in [0.15, 0.2) is 12.4 Å². The first kappa shape index (κ1) is 7.59. The van der Waals surface area contributed by atoms with Crippen molar-refractivity contribution < 1.29 is 14.6 Å².